The first-order valence-electron chi connectivity index (χ1n) is 9.52. The first-order chi connectivity index (χ1) is 11.3. The molecular weight excluding hydrogens is 282 g/mol. The normalized spacial score (nSPS) is 11.9. The summed E-state index contributed by atoms with van der Waals surface area (Å²) in [6, 6.07) is 0. The average Bonchev–Trinajstić information content (AvgIpc) is 2.56. The lowest BCUT2D eigenvalue weighted by Crippen LogP contribution is -2.23. The third-order valence-electron chi connectivity index (χ3n) is 3.63. The topological polar surface area (TPSA) is 29.1 Å². The third kappa shape index (κ3) is 18.6. The Hall–Kier alpha value is -1.31. The zero-order valence-corrected chi connectivity index (χ0v) is 15.4. The molecule has 23 heavy (non-hydrogen) atoms. The van der Waals surface area contributed by atoms with Crippen LogP contribution in [0.5, 0.6) is 0 Å². The van der Waals surface area contributed by atoms with E-state index in [0.717, 1.165) is 38.6 Å². The molecule has 0 aliphatic carbocycles. The fraction of sp³-hybridized carbons (Fsp3) is 0.667. The van der Waals surface area contributed by atoms with Gasteiger partial charge in [0.15, 0.2) is 0 Å². The number of carbonyl (C=O) groups excluding carboxylic acids is 1. The maximum Gasteiger partial charge on any atom is 0.219 e. The second kappa shape index (κ2) is 18.7. The maximum atomic E-state index is 11.4. The van der Waals surface area contributed by atoms with Gasteiger partial charge in [-0.3, -0.25) is 4.79 Å². The van der Waals surface area contributed by atoms with Crippen LogP contribution in [0, 0.1) is 0 Å². The van der Waals surface area contributed by atoms with Crippen molar-refractivity contribution < 1.29 is 4.79 Å². The lowest BCUT2D eigenvalue weighted by atomic mass is 10.1. The van der Waals surface area contributed by atoms with Gasteiger partial charge in [-0.25, -0.2) is 0 Å². The molecule has 0 spiro atoms. The molecule has 1 N–H and O–H groups in total. The highest BCUT2D eigenvalue weighted by atomic mass is 16.1. The van der Waals surface area contributed by atoms with E-state index in [2.05, 4.69) is 55.6 Å². The van der Waals surface area contributed by atoms with Crippen molar-refractivity contribution in [1.82, 2.24) is 5.32 Å². The van der Waals surface area contributed by atoms with Crippen LogP contribution >= 0.6 is 0 Å². The van der Waals surface area contributed by atoms with Crippen LogP contribution in [0.3, 0.4) is 0 Å². The van der Waals surface area contributed by atoms with E-state index in [0.29, 0.717) is 6.42 Å². The van der Waals surface area contributed by atoms with E-state index >= 15 is 0 Å². The summed E-state index contributed by atoms with van der Waals surface area (Å²) in [7, 11) is 0. The van der Waals surface area contributed by atoms with E-state index in [1.165, 1.54) is 32.1 Å². The predicted molar refractivity (Wildman–Crippen MR) is 103 cm³/mol. The first kappa shape index (κ1) is 21.7. The van der Waals surface area contributed by atoms with E-state index in [1.54, 1.807) is 0 Å². The maximum absolute atomic E-state index is 11.4. The van der Waals surface area contributed by atoms with E-state index in [9.17, 15) is 4.79 Å². The number of nitrogens with one attached hydrogen (secondary N) is 1. The van der Waals surface area contributed by atoms with Gasteiger partial charge in [0.25, 0.3) is 0 Å². The van der Waals surface area contributed by atoms with Crippen molar-refractivity contribution in [2.24, 2.45) is 0 Å². The van der Waals surface area contributed by atoms with Crippen molar-refractivity contribution in [3.8, 4) is 0 Å². The highest BCUT2D eigenvalue weighted by Crippen LogP contribution is 2.08. The molecule has 0 radical (unpaired) electrons. The van der Waals surface area contributed by atoms with Gasteiger partial charge in [-0.15, -0.1) is 0 Å². The molecule has 0 saturated carbocycles. The molecule has 0 saturated heterocycles. The number of carbonyl (C=O) groups is 1. The van der Waals surface area contributed by atoms with Crippen LogP contribution < -0.4 is 5.32 Å². The Morgan fingerprint density at radius 1 is 0.783 bits per heavy atom. The Bertz CT molecular complexity index is 342. The van der Waals surface area contributed by atoms with Gasteiger partial charge < -0.3 is 5.32 Å². The summed E-state index contributed by atoms with van der Waals surface area (Å²) in [5, 5.41) is 2.92. The van der Waals surface area contributed by atoms with Gasteiger partial charge in [-0.2, -0.15) is 0 Å². The van der Waals surface area contributed by atoms with E-state index in [1.807, 2.05) is 0 Å². The van der Waals surface area contributed by atoms with Gasteiger partial charge in [0.05, 0.1) is 0 Å². The van der Waals surface area contributed by atoms with Crippen molar-refractivity contribution in [3.05, 3.63) is 36.5 Å². The molecule has 0 aliphatic rings. The van der Waals surface area contributed by atoms with E-state index < -0.39 is 0 Å². The summed E-state index contributed by atoms with van der Waals surface area (Å²) in [6.07, 6.45) is 25.6. The Kier molecular flexibility index (Phi) is 17.7. The number of hydrogen-bond donors (Lipinski definition) is 1. The SMILES string of the molecule is CCC=CCC=CCC=CCCCCCCCC(=O)NCCC. The van der Waals surface area contributed by atoms with Crippen molar-refractivity contribution in [2.45, 2.75) is 84.5 Å². The van der Waals surface area contributed by atoms with Gasteiger partial charge in [-0.05, 0) is 44.9 Å². The van der Waals surface area contributed by atoms with Crippen LogP contribution in [0.4, 0.5) is 0 Å². The van der Waals surface area contributed by atoms with Gasteiger partial charge in [0.2, 0.25) is 5.91 Å². The summed E-state index contributed by atoms with van der Waals surface area (Å²) < 4.78 is 0. The average molecular weight is 320 g/mol. The molecule has 0 atom stereocenters. The molecule has 0 aromatic rings. The Labute approximate surface area is 144 Å². The van der Waals surface area contributed by atoms with E-state index in [4.69, 9.17) is 0 Å². The fourth-order valence-electron chi connectivity index (χ4n) is 2.26. The predicted octanol–water partition coefficient (Wildman–Crippen LogP) is 6.10. The zero-order chi connectivity index (χ0) is 17.0. The van der Waals surface area contributed by atoms with Crippen LogP contribution in [0.1, 0.15) is 84.5 Å². The molecule has 2 nitrogen and oxygen atoms in total. The quantitative estimate of drug-likeness (QED) is 0.287. The Morgan fingerprint density at radius 3 is 2.09 bits per heavy atom. The number of rotatable bonds is 15. The van der Waals surface area contributed by atoms with Crippen LogP contribution in [0.15, 0.2) is 36.5 Å². The smallest absolute Gasteiger partial charge is 0.219 e. The second-order valence-electron chi connectivity index (χ2n) is 5.95. The zero-order valence-electron chi connectivity index (χ0n) is 15.4. The summed E-state index contributed by atoms with van der Waals surface area (Å²) in [5.74, 6) is 0.216. The van der Waals surface area contributed by atoms with Gasteiger partial charge in [-0.1, -0.05) is 69.6 Å². The minimum Gasteiger partial charge on any atom is -0.356 e. The number of amides is 1. The van der Waals surface area contributed by atoms with Crippen molar-refractivity contribution in [2.75, 3.05) is 6.54 Å². The Balaban J connectivity index is 3.28. The number of unbranched alkanes of at least 4 members (excludes halogenated alkanes) is 5. The standard InChI is InChI=1S/C21H37NO/c1-3-5-6-7-8-9-10-11-12-13-14-15-16-17-18-19-21(23)22-20-4-2/h5-6,8-9,11-12H,3-4,7,10,13-20H2,1-2H3,(H,22,23). The van der Waals surface area contributed by atoms with E-state index in [-0.39, 0.29) is 5.91 Å². The molecule has 0 aliphatic heterocycles. The molecule has 0 aromatic heterocycles. The molecular formula is C21H37NO. The highest BCUT2D eigenvalue weighted by Gasteiger charge is 1.98. The molecule has 0 unspecified atom stereocenters. The number of allylic oxidation sites excluding steroid dienone is 6. The monoisotopic (exact) mass is 319 g/mol. The largest absolute Gasteiger partial charge is 0.356 e. The minimum atomic E-state index is 0.216. The Morgan fingerprint density at radius 2 is 1.39 bits per heavy atom. The van der Waals surface area contributed by atoms with Crippen LogP contribution in [0.2, 0.25) is 0 Å². The van der Waals surface area contributed by atoms with Crippen LogP contribution in [-0.4, -0.2) is 12.5 Å². The lowest BCUT2D eigenvalue weighted by molar-refractivity contribution is -0.121. The molecule has 1 amide bonds. The first-order valence-corrected chi connectivity index (χ1v) is 9.52. The highest BCUT2D eigenvalue weighted by molar-refractivity contribution is 5.75. The summed E-state index contributed by atoms with van der Waals surface area (Å²) in [5.41, 5.74) is 0. The van der Waals surface area contributed by atoms with Crippen molar-refractivity contribution in [1.29, 1.82) is 0 Å². The number of hydrogen-bond acceptors (Lipinski definition) is 1. The summed E-state index contributed by atoms with van der Waals surface area (Å²) in [6.45, 7) is 5.05. The molecule has 0 aromatic carbocycles. The van der Waals surface area contributed by atoms with Gasteiger partial charge in [0.1, 0.15) is 0 Å². The van der Waals surface area contributed by atoms with Crippen LogP contribution in [0.25, 0.3) is 0 Å². The second-order valence-corrected chi connectivity index (χ2v) is 5.95. The molecule has 0 bridgehead atoms. The molecule has 0 heterocycles. The van der Waals surface area contributed by atoms with Crippen molar-refractivity contribution >= 4 is 5.91 Å². The van der Waals surface area contributed by atoms with Gasteiger partial charge >= 0.3 is 0 Å². The molecule has 0 rings (SSSR count). The van der Waals surface area contributed by atoms with Gasteiger partial charge in [0, 0.05) is 13.0 Å². The van der Waals surface area contributed by atoms with Crippen LogP contribution in [-0.2, 0) is 4.79 Å². The molecule has 0 fully saturated rings. The third-order valence-corrected chi connectivity index (χ3v) is 3.63. The summed E-state index contributed by atoms with van der Waals surface area (Å²) in [4.78, 5) is 11.4. The summed E-state index contributed by atoms with van der Waals surface area (Å²) >= 11 is 0. The molecule has 132 valence electrons. The molecule has 2 heteroatoms. The lowest BCUT2D eigenvalue weighted by Gasteiger charge is -2.03. The van der Waals surface area contributed by atoms with Crippen molar-refractivity contribution in [3.63, 3.8) is 0 Å². The fourth-order valence-corrected chi connectivity index (χ4v) is 2.26. The minimum absolute atomic E-state index is 0.216.